The van der Waals surface area contributed by atoms with Crippen molar-refractivity contribution >= 4 is 34.4 Å². The number of piperidine rings is 1. The van der Waals surface area contributed by atoms with Gasteiger partial charge >= 0.3 is 0 Å². The molecule has 11 nitrogen and oxygen atoms in total. The molecular weight excluding hydrogens is 438 g/mol. The maximum atomic E-state index is 13.3. The lowest BCUT2D eigenvalue weighted by atomic mass is 10.0. The normalized spacial score (nSPS) is 17.5. The number of hydrogen-bond acceptors (Lipinski definition) is 7. The number of likely N-dealkylation sites (tertiary alicyclic amines) is 1. The van der Waals surface area contributed by atoms with E-state index in [1.165, 1.54) is 6.92 Å². The van der Waals surface area contributed by atoms with Gasteiger partial charge in [-0.25, -0.2) is 9.67 Å². The fraction of sp³-hybridized carbons (Fsp3) is 0.609. The number of ether oxygens (including phenoxy) is 1. The van der Waals surface area contributed by atoms with E-state index in [0.29, 0.717) is 51.3 Å². The second-order valence-electron chi connectivity index (χ2n) is 8.81. The Hall–Kier alpha value is -3.21. The second-order valence-corrected chi connectivity index (χ2v) is 8.81. The maximum absolute atomic E-state index is 13.3. The minimum absolute atomic E-state index is 0.00468. The van der Waals surface area contributed by atoms with Crippen molar-refractivity contribution in [1.29, 1.82) is 0 Å². The van der Waals surface area contributed by atoms with E-state index in [1.54, 1.807) is 17.3 Å². The van der Waals surface area contributed by atoms with Crippen molar-refractivity contribution in [2.45, 2.75) is 58.2 Å². The van der Waals surface area contributed by atoms with Crippen molar-refractivity contribution in [3.8, 4) is 0 Å². The molecule has 184 valence electrons. The van der Waals surface area contributed by atoms with Crippen LogP contribution in [0.5, 0.6) is 0 Å². The molecule has 2 saturated heterocycles. The third kappa shape index (κ3) is 5.46. The lowest BCUT2D eigenvalue weighted by Gasteiger charge is -2.32. The summed E-state index contributed by atoms with van der Waals surface area (Å²) >= 11 is 0. The lowest BCUT2D eigenvalue weighted by molar-refractivity contribution is -0.133. The van der Waals surface area contributed by atoms with E-state index in [2.05, 4.69) is 26.0 Å². The minimum Gasteiger partial charge on any atom is -0.381 e. The molecule has 4 rings (SSSR count). The van der Waals surface area contributed by atoms with Crippen LogP contribution >= 0.6 is 0 Å². The molecule has 2 fully saturated rings. The summed E-state index contributed by atoms with van der Waals surface area (Å²) in [4.78, 5) is 42.9. The first-order chi connectivity index (χ1) is 16.5. The van der Waals surface area contributed by atoms with E-state index in [9.17, 15) is 14.4 Å². The highest BCUT2D eigenvalue weighted by Gasteiger charge is 2.27. The first-order valence-electron chi connectivity index (χ1n) is 12.0. The molecule has 0 spiro atoms. The number of pyridine rings is 1. The van der Waals surface area contributed by atoms with Gasteiger partial charge in [0, 0.05) is 58.1 Å². The summed E-state index contributed by atoms with van der Waals surface area (Å²) in [6.45, 7) is 6.56. The summed E-state index contributed by atoms with van der Waals surface area (Å²) in [6, 6.07) is 0.177. The average molecular weight is 472 g/mol. The predicted octanol–water partition coefficient (Wildman–Crippen LogP) is 0.899. The Balaban J connectivity index is 1.45. The van der Waals surface area contributed by atoms with Crippen LogP contribution in [0.1, 0.15) is 49.9 Å². The molecule has 11 heteroatoms. The van der Waals surface area contributed by atoms with Gasteiger partial charge in [0.05, 0.1) is 29.4 Å². The van der Waals surface area contributed by atoms with Crippen LogP contribution in [0.25, 0.3) is 11.0 Å². The van der Waals surface area contributed by atoms with Crippen LogP contribution in [0.3, 0.4) is 0 Å². The Labute approximate surface area is 198 Å². The number of amides is 3. The molecular formula is C23H33N7O4. The van der Waals surface area contributed by atoms with Crippen LogP contribution in [-0.4, -0.2) is 82.3 Å². The van der Waals surface area contributed by atoms with Gasteiger partial charge in [-0.15, -0.1) is 0 Å². The topological polar surface area (TPSA) is 130 Å². The van der Waals surface area contributed by atoms with E-state index >= 15 is 0 Å². The van der Waals surface area contributed by atoms with Crippen LogP contribution in [0.4, 0.5) is 5.69 Å². The molecule has 2 aliphatic heterocycles. The van der Waals surface area contributed by atoms with E-state index in [0.717, 1.165) is 29.6 Å². The first kappa shape index (κ1) is 23.9. The molecule has 0 aliphatic carbocycles. The molecule has 3 N–H and O–H groups in total. The Morgan fingerprint density at radius 3 is 2.50 bits per heavy atom. The third-order valence-corrected chi connectivity index (χ3v) is 6.45. The summed E-state index contributed by atoms with van der Waals surface area (Å²) < 4.78 is 7.30. The summed E-state index contributed by atoms with van der Waals surface area (Å²) in [5.74, 6) is -0.516. The van der Waals surface area contributed by atoms with Crippen molar-refractivity contribution in [2.24, 2.45) is 0 Å². The molecule has 0 bridgehead atoms. The average Bonchev–Trinajstić information content (AvgIpc) is 3.27. The van der Waals surface area contributed by atoms with Gasteiger partial charge in [-0.05, 0) is 32.6 Å². The van der Waals surface area contributed by atoms with Gasteiger partial charge in [0.25, 0.3) is 5.91 Å². The molecule has 34 heavy (non-hydrogen) atoms. The fourth-order valence-electron chi connectivity index (χ4n) is 4.48. The van der Waals surface area contributed by atoms with Crippen molar-refractivity contribution in [1.82, 2.24) is 30.3 Å². The predicted molar refractivity (Wildman–Crippen MR) is 126 cm³/mol. The zero-order chi connectivity index (χ0) is 24.1. The zero-order valence-corrected chi connectivity index (χ0v) is 19.8. The third-order valence-electron chi connectivity index (χ3n) is 6.45. The highest BCUT2D eigenvalue weighted by Crippen LogP contribution is 2.28. The lowest BCUT2D eigenvalue weighted by Crippen LogP contribution is -2.49. The number of carbonyl (C=O) groups excluding carboxylic acids is 3. The summed E-state index contributed by atoms with van der Waals surface area (Å²) in [7, 11) is 0. The van der Waals surface area contributed by atoms with Gasteiger partial charge in [0.15, 0.2) is 5.65 Å². The van der Waals surface area contributed by atoms with E-state index in [4.69, 9.17) is 4.74 Å². The molecule has 0 atom stereocenters. The highest BCUT2D eigenvalue weighted by molar-refractivity contribution is 6.06. The van der Waals surface area contributed by atoms with E-state index < -0.39 is 0 Å². The van der Waals surface area contributed by atoms with Gasteiger partial charge < -0.3 is 25.6 Å². The monoisotopic (exact) mass is 471 g/mol. The van der Waals surface area contributed by atoms with Gasteiger partial charge in [0.1, 0.15) is 0 Å². The fourth-order valence-corrected chi connectivity index (χ4v) is 4.48. The van der Waals surface area contributed by atoms with Gasteiger partial charge in [-0.1, -0.05) is 0 Å². The maximum Gasteiger partial charge on any atom is 0.255 e. The molecule has 0 radical (unpaired) electrons. The number of fused-ring (bicyclic) bond motifs is 1. The molecule has 0 saturated carbocycles. The highest BCUT2D eigenvalue weighted by atomic mass is 16.5. The second kappa shape index (κ2) is 10.8. The Kier molecular flexibility index (Phi) is 7.61. The van der Waals surface area contributed by atoms with Crippen LogP contribution in [0.2, 0.25) is 0 Å². The number of rotatable bonds is 7. The molecule has 2 aromatic heterocycles. The van der Waals surface area contributed by atoms with Crippen LogP contribution in [0.15, 0.2) is 12.4 Å². The quantitative estimate of drug-likeness (QED) is 0.547. The molecule has 2 aliphatic rings. The van der Waals surface area contributed by atoms with Crippen molar-refractivity contribution in [3.63, 3.8) is 0 Å². The number of nitrogens with zero attached hydrogens (tertiary/aromatic N) is 4. The van der Waals surface area contributed by atoms with Crippen molar-refractivity contribution < 1.29 is 19.1 Å². The van der Waals surface area contributed by atoms with Crippen LogP contribution < -0.4 is 16.0 Å². The molecule has 3 amide bonds. The molecule has 4 heterocycles. The number of hydrogen-bond donors (Lipinski definition) is 3. The summed E-state index contributed by atoms with van der Waals surface area (Å²) in [5.41, 5.74) is 2.01. The first-order valence-corrected chi connectivity index (χ1v) is 12.0. The molecule has 0 unspecified atom stereocenters. The van der Waals surface area contributed by atoms with Crippen molar-refractivity contribution in [3.05, 3.63) is 18.0 Å². The van der Waals surface area contributed by atoms with E-state index in [-0.39, 0.29) is 36.3 Å². The SMILES string of the molecule is CCn1ncc2c(NC3CCOCC3)c(C(=O)NC3CCN(C(=O)CNC(C)=O)CC3)cnc21. The standard InChI is InChI=1S/C23H33N7O4/c1-3-30-22-18(13-26-30)21(27-17-6-10-34-11-7-17)19(12-25-22)23(33)28-16-4-8-29(9-5-16)20(32)14-24-15(2)31/h12-13,16-17H,3-11,14H2,1-2H3,(H,24,31)(H,25,27)(H,28,33). The zero-order valence-electron chi connectivity index (χ0n) is 19.8. The van der Waals surface area contributed by atoms with Crippen molar-refractivity contribution in [2.75, 3.05) is 38.2 Å². The Morgan fingerprint density at radius 1 is 1.09 bits per heavy atom. The number of aromatic nitrogens is 3. The largest absolute Gasteiger partial charge is 0.381 e. The summed E-state index contributed by atoms with van der Waals surface area (Å²) in [6.07, 6.45) is 6.45. The number of nitrogens with one attached hydrogen (secondary N) is 3. The number of aryl methyl sites for hydroxylation is 1. The van der Waals surface area contributed by atoms with Gasteiger partial charge in [-0.3, -0.25) is 14.4 Å². The van der Waals surface area contributed by atoms with E-state index in [1.807, 2.05) is 11.6 Å². The summed E-state index contributed by atoms with van der Waals surface area (Å²) in [5, 5.41) is 14.5. The molecule has 0 aromatic carbocycles. The van der Waals surface area contributed by atoms with Crippen LogP contribution in [-0.2, 0) is 20.9 Å². The smallest absolute Gasteiger partial charge is 0.255 e. The van der Waals surface area contributed by atoms with Gasteiger partial charge in [-0.2, -0.15) is 5.10 Å². The van der Waals surface area contributed by atoms with Crippen LogP contribution in [0, 0.1) is 0 Å². The van der Waals surface area contributed by atoms with Gasteiger partial charge in [0.2, 0.25) is 11.8 Å². The Morgan fingerprint density at radius 2 is 1.82 bits per heavy atom. The number of anilines is 1. The number of carbonyl (C=O) groups is 3. The Bertz CT molecular complexity index is 1040. The minimum atomic E-state index is -0.226. The molecule has 2 aromatic rings.